The van der Waals surface area contributed by atoms with E-state index >= 15 is 0 Å². The largest absolute Gasteiger partial charge is 0.314 e. The molecule has 2 N–H and O–H groups in total. The van der Waals surface area contributed by atoms with E-state index in [1.54, 1.807) is 0 Å². The summed E-state index contributed by atoms with van der Waals surface area (Å²) in [7, 11) is 0. The molecule has 1 aliphatic carbocycles. The molecule has 3 rings (SSSR count). The van der Waals surface area contributed by atoms with Gasteiger partial charge >= 0.3 is 0 Å². The normalized spacial score (nSPS) is 40.4. The van der Waals surface area contributed by atoms with Gasteiger partial charge in [-0.1, -0.05) is 6.42 Å². The maximum absolute atomic E-state index is 3.72. The van der Waals surface area contributed by atoms with Crippen molar-refractivity contribution in [3.63, 3.8) is 0 Å². The standard InChI is InChI=1S/C13H24N2/c1-2-11(3-1)14-7-6-10-8-12-4-5-13(9-10)15-12/h10-15H,1-9H2. The number of piperidine rings is 1. The van der Waals surface area contributed by atoms with Crippen LogP contribution in [0.2, 0.25) is 0 Å². The van der Waals surface area contributed by atoms with Gasteiger partial charge in [0.25, 0.3) is 0 Å². The molecule has 15 heavy (non-hydrogen) atoms. The predicted octanol–water partition coefficient (Wildman–Crippen LogP) is 2.05. The van der Waals surface area contributed by atoms with Crippen molar-refractivity contribution in [2.75, 3.05) is 6.54 Å². The highest BCUT2D eigenvalue weighted by atomic mass is 15.0. The molecule has 0 aromatic carbocycles. The maximum atomic E-state index is 3.72. The molecule has 3 fully saturated rings. The zero-order chi connectivity index (χ0) is 10.1. The van der Waals surface area contributed by atoms with Crippen LogP contribution in [0.4, 0.5) is 0 Å². The minimum atomic E-state index is 0.873. The second kappa shape index (κ2) is 4.42. The Morgan fingerprint density at radius 1 is 1.00 bits per heavy atom. The third-order valence-corrected chi connectivity index (χ3v) is 4.66. The van der Waals surface area contributed by atoms with Crippen LogP contribution in [-0.4, -0.2) is 24.7 Å². The molecular formula is C13H24N2. The van der Waals surface area contributed by atoms with Gasteiger partial charge in [-0.05, 0) is 57.4 Å². The summed E-state index contributed by atoms with van der Waals surface area (Å²) in [5.74, 6) is 1.01. The summed E-state index contributed by atoms with van der Waals surface area (Å²) in [5.41, 5.74) is 0. The molecule has 0 aromatic heterocycles. The van der Waals surface area contributed by atoms with Gasteiger partial charge in [0.1, 0.15) is 0 Å². The van der Waals surface area contributed by atoms with Crippen molar-refractivity contribution in [3.8, 4) is 0 Å². The molecule has 2 heterocycles. The minimum Gasteiger partial charge on any atom is -0.314 e. The lowest BCUT2D eigenvalue weighted by Crippen LogP contribution is -2.40. The summed E-state index contributed by atoms with van der Waals surface area (Å²) in [4.78, 5) is 0. The fourth-order valence-electron chi connectivity index (χ4n) is 3.51. The molecule has 2 unspecified atom stereocenters. The Bertz CT molecular complexity index is 201. The van der Waals surface area contributed by atoms with Crippen LogP contribution in [0.5, 0.6) is 0 Å². The first-order chi connectivity index (χ1) is 7.40. The van der Waals surface area contributed by atoms with Gasteiger partial charge in [0.05, 0.1) is 0 Å². The van der Waals surface area contributed by atoms with E-state index in [0.717, 1.165) is 24.0 Å². The third-order valence-electron chi connectivity index (χ3n) is 4.66. The first kappa shape index (κ1) is 10.1. The van der Waals surface area contributed by atoms with Crippen molar-refractivity contribution < 1.29 is 0 Å². The molecule has 2 saturated heterocycles. The van der Waals surface area contributed by atoms with Crippen molar-refractivity contribution in [2.45, 2.75) is 69.5 Å². The van der Waals surface area contributed by atoms with Crippen molar-refractivity contribution in [2.24, 2.45) is 5.92 Å². The van der Waals surface area contributed by atoms with Crippen LogP contribution in [-0.2, 0) is 0 Å². The number of hydrogen-bond acceptors (Lipinski definition) is 2. The number of nitrogens with one attached hydrogen (secondary N) is 2. The number of rotatable bonds is 4. The monoisotopic (exact) mass is 208 g/mol. The van der Waals surface area contributed by atoms with Crippen LogP contribution < -0.4 is 10.6 Å². The van der Waals surface area contributed by atoms with E-state index in [1.165, 1.54) is 57.9 Å². The molecule has 2 heteroatoms. The van der Waals surface area contributed by atoms with Gasteiger partial charge in [0, 0.05) is 18.1 Å². The van der Waals surface area contributed by atoms with Crippen molar-refractivity contribution >= 4 is 0 Å². The first-order valence-electron chi connectivity index (χ1n) is 6.89. The van der Waals surface area contributed by atoms with Crippen LogP contribution in [0.3, 0.4) is 0 Å². The quantitative estimate of drug-likeness (QED) is 0.739. The Morgan fingerprint density at radius 3 is 2.33 bits per heavy atom. The lowest BCUT2D eigenvalue weighted by Gasteiger charge is -2.31. The summed E-state index contributed by atoms with van der Waals surface area (Å²) >= 11 is 0. The van der Waals surface area contributed by atoms with Crippen molar-refractivity contribution in [1.29, 1.82) is 0 Å². The summed E-state index contributed by atoms with van der Waals surface area (Å²) in [6.45, 7) is 1.27. The lowest BCUT2D eigenvalue weighted by atomic mass is 9.89. The summed E-state index contributed by atoms with van der Waals surface area (Å²) in [6.07, 6.45) is 11.5. The summed E-state index contributed by atoms with van der Waals surface area (Å²) < 4.78 is 0. The Hall–Kier alpha value is -0.0800. The molecule has 2 atom stereocenters. The number of fused-ring (bicyclic) bond motifs is 2. The topological polar surface area (TPSA) is 24.1 Å². The van der Waals surface area contributed by atoms with Crippen molar-refractivity contribution in [1.82, 2.24) is 10.6 Å². The molecule has 0 spiro atoms. The molecule has 3 aliphatic rings. The summed E-state index contributed by atoms with van der Waals surface area (Å²) in [6, 6.07) is 2.62. The lowest BCUT2D eigenvalue weighted by molar-refractivity contribution is 0.267. The Kier molecular flexibility index (Phi) is 2.98. The number of hydrogen-bond donors (Lipinski definition) is 2. The van der Waals surface area contributed by atoms with Gasteiger partial charge in [0.2, 0.25) is 0 Å². The molecule has 2 nitrogen and oxygen atoms in total. The molecule has 0 aromatic rings. The van der Waals surface area contributed by atoms with E-state index in [2.05, 4.69) is 10.6 Å². The SMILES string of the molecule is C1CC(NCCC2CC3CCC(C2)N3)C1. The van der Waals surface area contributed by atoms with E-state index in [-0.39, 0.29) is 0 Å². The fourth-order valence-corrected chi connectivity index (χ4v) is 3.51. The molecule has 86 valence electrons. The van der Waals surface area contributed by atoms with Gasteiger partial charge in [-0.15, -0.1) is 0 Å². The van der Waals surface area contributed by atoms with E-state index in [9.17, 15) is 0 Å². The van der Waals surface area contributed by atoms with Gasteiger partial charge in [-0.2, -0.15) is 0 Å². The highest BCUT2D eigenvalue weighted by Gasteiger charge is 2.33. The molecule has 2 bridgehead atoms. The molecule has 2 aliphatic heterocycles. The van der Waals surface area contributed by atoms with E-state index in [4.69, 9.17) is 0 Å². The van der Waals surface area contributed by atoms with Crippen LogP contribution in [0, 0.1) is 5.92 Å². The molecule has 0 radical (unpaired) electrons. The van der Waals surface area contributed by atoms with E-state index < -0.39 is 0 Å². The maximum Gasteiger partial charge on any atom is 0.00728 e. The molecular weight excluding hydrogens is 184 g/mol. The van der Waals surface area contributed by atoms with Gasteiger partial charge in [0.15, 0.2) is 0 Å². The van der Waals surface area contributed by atoms with Crippen LogP contribution in [0.1, 0.15) is 51.4 Å². The van der Waals surface area contributed by atoms with Gasteiger partial charge in [-0.3, -0.25) is 0 Å². The molecule has 1 saturated carbocycles. The van der Waals surface area contributed by atoms with Gasteiger partial charge in [-0.25, -0.2) is 0 Å². The van der Waals surface area contributed by atoms with Crippen LogP contribution in [0.25, 0.3) is 0 Å². The Labute approximate surface area is 93.2 Å². The van der Waals surface area contributed by atoms with Gasteiger partial charge < -0.3 is 10.6 Å². The minimum absolute atomic E-state index is 0.873. The summed E-state index contributed by atoms with van der Waals surface area (Å²) in [5, 5.41) is 7.42. The van der Waals surface area contributed by atoms with E-state index in [0.29, 0.717) is 0 Å². The van der Waals surface area contributed by atoms with Crippen LogP contribution >= 0.6 is 0 Å². The fraction of sp³-hybridized carbons (Fsp3) is 1.00. The highest BCUT2D eigenvalue weighted by molar-refractivity contribution is 4.92. The smallest absolute Gasteiger partial charge is 0.00728 e. The Morgan fingerprint density at radius 2 is 1.73 bits per heavy atom. The molecule has 0 amide bonds. The zero-order valence-corrected chi connectivity index (χ0v) is 9.67. The highest BCUT2D eigenvalue weighted by Crippen LogP contribution is 2.32. The average molecular weight is 208 g/mol. The first-order valence-corrected chi connectivity index (χ1v) is 6.89. The zero-order valence-electron chi connectivity index (χ0n) is 9.67. The van der Waals surface area contributed by atoms with Crippen LogP contribution in [0.15, 0.2) is 0 Å². The second-order valence-corrected chi connectivity index (χ2v) is 5.85. The third kappa shape index (κ3) is 2.36. The Balaban J connectivity index is 1.36. The van der Waals surface area contributed by atoms with E-state index in [1.807, 2.05) is 0 Å². The average Bonchev–Trinajstić information content (AvgIpc) is 2.50. The van der Waals surface area contributed by atoms with Crippen molar-refractivity contribution in [3.05, 3.63) is 0 Å². The second-order valence-electron chi connectivity index (χ2n) is 5.85. The predicted molar refractivity (Wildman–Crippen MR) is 62.9 cm³/mol.